The number of hydrogen-bond donors (Lipinski definition) is 0. The summed E-state index contributed by atoms with van der Waals surface area (Å²) in [5.41, 5.74) is 12.5. The molecule has 0 N–H and O–H groups in total. The molecule has 0 spiro atoms. The molecule has 0 bridgehead atoms. The first kappa shape index (κ1) is 26.7. The van der Waals surface area contributed by atoms with Crippen LogP contribution in [0.3, 0.4) is 0 Å². The van der Waals surface area contributed by atoms with E-state index < -0.39 is 0 Å². The fraction of sp³-hybridized carbons (Fsp3) is 0.0952. The molecule has 3 heteroatoms. The Balaban J connectivity index is 1.41. The van der Waals surface area contributed by atoms with Crippen LogP contribution in [0.5, 0.6) is 0 Å². The topological polar surface area (TPSA) is 52.5 Å². The Morgan fingerprint density at radius 3 is 2.16 bits per heavy atom. The summed E-state index contributed by atoms with van der Waals surface area (Å²) in [6.07, 6.45) is 0. The van der Waals surface area contributed by atoms with E-state index in [-0.39, 0.29) is 11.3 Å². The molecule has 1 aliphatic carbocycles. The summed E-state index contributed by atoms with van der Waals surface area (Å²) in [7, 11) is 0. The van der Waals surface area contributed by atoms with Crippen LogP contribution < -0.4 is 0 Å². The average molecular weight is 576 g/mol. The van der Waals surface area contributed by atoms with Crippen molar-refractivity contribution in [1.29, 1.82) is 10.5 Å². The van der Waals surface area contributed by atoms with E-state index in [1.165, 1.54) is 27.8 Å². The minimum Gasteiger partial charge on any atom is -0.307 e. The van der Waals surface area contributed by atoms with Gasteiger partial charge in [0, 0.05) is 27.7 Å². The number of para-hydroxylation sites is 2. The number of nitrogens with zero attached hydrogens (tertiary/aromatic N) is 3. The summed E-state index contributed by atoms with van der Waals surface area (Å²) in [5, 5.41) is 22.2. The van der Waals surface area contributed by atoms with Crippen molar-refractivity contribution in [2.24, 2.45) is 0 Å². The van der Waals surface area contributed by atoms with Crippen molar-refractivity contribution in [3.05, 3.63) is 172 Å². The van der Waals surface area contributed by atoms with Crippen LogP contribution in [0.15, 0.2) is 133 Å². The normalized spacial score (nSPS) is 14.8. The standard InChI is InChI=1S/C42H29N3/c1-42(2)36-17-8-6-15-33(36)40(28-11-4-3-5-12-28)34-21-20-29(24-37(34)42)31-16-10-13-30(26-44)41(31)45-38-18-9-7-14-32(38)35-23-27(25-43)19-22-39(35)45/h3-24,40H,1-2H3. The van der Waals surface area contributed by atoms with Gasteiger partial charge in [-0.3, -0.25) is 0 Å². The smallest absolute Gasteiger partial charge is 0.101 e. The van der Waals surface area contributed by atoms with E-state index in [0.717, 1.165) is 38.6 Å². The van der Waals surface area contributed by atoms with Crippen LogP contribution in [-0.4, -0.2) is 4.57 Å². The van der Waals surface area contributed by atoms with Gasteiger partial charge in [-0.15, -0.1) is 0 Å². The summed E-state index contributed by atoms with van der Waals surface area (Å²) in [4.78, 5) is 0. The van der Waals surface area contributed by atoms with Gasteiger partial charge < -0.3 is 4.57 Å². The molecule has 3 nitrogen and oxygen atoms in total. The maximum absolute atomic E-state index is 10.5. The van der Waals surface area contributed by atoms with Crippen molar-refractivity contribution in [3.63, 3.8) is 0 Å². The molecule has 0 saturated heterocycles. The SMILES string of the molecule is CC1(C)c2ccccc2C(c2ccccc2)c2ccc(-c3cccc(C#N)c3-n3c4ccccc4c4cc(C#N)ccc43)cc21. The van der Waals surface area contributed by atoms with E-state index in [4.69, 9.17) is 0 Å². The molecule has 0 amide bonds. The van der Waals surface area contributed by atoms with Crippen molar-refractivity contribution < 1.29 is 0 Å². The van der Waals surface area contributed by atoms with Gasteiger partial charge in [0.05, 0.1) is 33.9 Å². The first-order valence-corrected chi connectivity index (χ1v) is 15.3. The lowest BCUT2D eigenvalue weighted by atomic mass is 9.63. The monoisotopic (exact) mass is 575 g/mol. The first-order valence-electron chi connectivity index (χ1n) is 15.3. The summed E-state index contributed by atoms with van der Waals surface area (Å²) in [6, 6.07) is 51.3. The van der Waals surface area contributed by atoms with Crippen LogP contribution in [0.25, 0.3) is 38.6 Å². The Labute approximate surface area is 262 Å². The number of aromatic nitrogens is 1. The minimum absolute atomic E-state index is 0.135. The van der Waals surface area contributed by atoms with Gasteiger partial charge in [-0.1, -0.05) is 111 Å². The number of fused-ring (bicyclic) bond motifs is 5. The largest absolute Gasteiger partial charge is 0.307 e. The van der Waals surface area contributed by atoms with Gasteiger partial charge in [0.1, 0.15) is 6.07 Å². The summed E-state index contributed by atoms with van der Waals surface area (Å²) < 4.78 is 2.20. The maximum Gasteiger partial charge on any atom is 0.101 e. The highest BCUT2D eigenvalue weighted by molar-refractivity contribution is 6.10. The van der Waals surface area contributed by atoms with Crippen LogP contribution in [0.1, 0.15) is 58.7 Å². The van der Waals surface area contributed by atoms with Crippen LogP contribution in [0.2, 0.25) is 0 Å². The molecular formula is C42H29N3. The van der Waals surface area contributed by atoms with Crippen molar-refractivity contribution in [2.75, 3.05) is 0 Å². The summed E-state index contributed by atoms with van der Waals surface area (Å²) in [5.74, 6) is 0.135. The highest BCUT2D eigenvalue weighted by Crippen LogP contribution is 2.50. The summed E-state index contributed by atoms with van der Waals surface area (Å²) in [6.45, 7) is 4.64. The van der Waals surface area contributed by atoms with E-state index in [1.54, 1.807) is 0 Å². The zero-order chi connectivity index (χ0) is 30.7. The zero-order valence-corrected chi connectivity index (χ0v) is 25.1. The Morgan fingerprint density at radius 1 is 0.600 bits per heavy atom. The van der Waals surface area contributed by atoms with Crippen LogP contribution >= 0.6 is 0 Å². The third-order valence-electron chi connectivity index (χ3n) is 9.61. The Kier molecular flexibility index (Phi) is 5.99. The van der Waals surface area contributed by atoms with Gasteiger partial charge in [0.25, 0.3) is 0 Å². The lowest BCUT2D eigenvalue weighted by Gasteiger charge is -2.40. The van der Waals surface area contributed by atoms with E-state index in [0.29, 0.717) is 11.1 Å². The number of hydrogen-bond acceptors (Lipinski definition) is 2. The van der Waals surface area contributed by atoms with Gasteiger partial charge >= 0.3 is 0 Å². The quantitative estimate of drug-likeness (QED) is 0.210. The van der Waals surface area contributed by atoms with E-state index in [2.05, 4.69) is 122 Å². The first-order chi connectivity index (χ1) is 22.0. The van der Waals surface area contributed by atoms with E-state index >= 15 is 0 Å². The third-order valence-corrected chi connectivity index (χ3v) is 9.61. The molecule has 7 aromatic rings. The van der Waals surface area contributed by atoms with Crippen molar-refractivity contribution in [1.82, 2.24) is 4.57 Å². The van der Waals surface area contributed by atoms with Gasteiger partial charge in [0.15, 0.2) is 0 Å². The molecule has 0 aliphatic heterocycles. The maximum atomic E-state index is 10.5. The number of benzene rings is 6. The van der Waals surface area contributed by atoms with Crippen LogP contribution in [-0.2, 0) is 5.41 Å². The van der Waals surface area contributed by atoms with Crippen LogP contribution in [0, 0.1) is 22.7 Å². The molecule has 1 atom stereocenters. The lowest BCUT2D eigenvalue weighted by Crippen LogP contribution is -2.29. The molecular weight excluding hydrogens is 546 g/mol. The third kappa shape index (κ3) is 3.95. The Hall–Kier alpha value is -5.90. The van der Waals surface area contributed by atoms with Gasteiger partial charge in [0.2, 0.25) is 0 Å². The zero-order valence-electron chi connectivity index (χ0n) is 25.1. The van der Waals surface area contributed by atoms with Crippen molar-refractivity contribution >= 4 is 21.8 Å². The molecule has 1 aliphatic rings. The predicted molar refractivity (Wildman–Crippen MR) is 182 cm³/mol. The average Bonchev–Trinajstić information content (AvgIpc) is 3.41. The molecule has 1 unspecified atom stereocenters. The highest BCUT2D eigenvalue weighted by atomic mass is 15.0. The second-order valence-corrected chi connectivity index (χ2v) is 12.4. The van der Waals surface area contributed by atoms with Crippen LogP contribution in [0.4, 0.5) is 0 Å². The molecule has 45 heavy (non-hydrogen) atoms. The van der Waals surface area contributed by atoms with E-state index in [9.17, 15) is 10.5 Å². The fourth-order valence-electron chi connectivity index (χ4n) is 7.54. The fourth-order valence-corrected chi connectivity index (χ4v) is 7.54. The predicted octanol–water partition coefficient (Wildman–Crippen LogP) is 10.0. The molecule has 1 heterocycles. The molecule has 0 saturated carbocycles. The van der Waals surface area contributed by atoms with E-state index in [1.807, 2.05) is 42.5 Å². The minimum atomic E-state index is -0.221. The molecule has 6 aromatic carbocycles. The molecule has 212 valence electrons. The van der Waals surface area contributed by atoms with Gasteiger partial charge in [-0.25, -0.2) is 0 Å². The number of nitriles is 2. The second kappa shape index (κ2) is 10.1. The van der Waals surface area contributed by atoms with Gasteiger partial charge in [-0.2, -0.15) is 10.5 Å². The van der Waals surface area contributed by atoms with Gasteiger partial charge in [-0.05, 0) is 69.8 Å². The number of rotatable bonds is 3. The Bertz CT molecular complexity index is 2380. The summed E-state index contributed by atoms with van der Waals surface area (Å²) >= 11 is 0. The van der Waals surface area contributed by atoms with Crippen molar-refractivity contribution in [2.45, 2.75) is 25.2 Å². The van der Waals surface area contributed by atoms with Crippen molar-refractivity contribution in [3.8, 4) is 29.0 Å². The Morgan fingerprint density at radius 2 is 1.33 bits per heavy atom. The molecule has 1 aromatic heterocycles. The molecule has 0 radical (unpaired) electrons. The second-order valence-electron chi connectivity index (χ2n) is 12.4. The molecule has 8 rings (SSSR count). The lowest BCUT2D eigenvalue weighted by molar-refractivity contribution is 0.598. The highest BCUT2D eigenvalue weighted by Gasteiger charge is 2.38. The molecule has 0 fully saturated rings.